The molecule has 0 bridgehead atoms. The zero-order valence-corrected chi connectivity index (χ0v) is 13.3. The molecule has 1 amide bonds. The first kappa shape index (κ1) is 15.5. The highest BCUT2D eigenvalue weighted by Crippen LogP contribution is 2.23. The Morgan fingerprint density at radius 1 is 1.10 bits per heavy atom. The molecular weight excluding hydrogens is 334 g/mol. The van der Waals surface area contributed by atoms with Crippen LogP contribution in [0.2, 0.25) is 0 Å². The molecule has 0 heterocycles. The molecule has 1 N–H and O–H groups in total. The van der Waals surface area contributed by atoms with Crippen LogP contribution in [0, 0.1) is 0 Å². The molecule has 0 saturated heterocycles. The summed E-state index contributed by atoms with van der Waals surface area (Å²) in [7, 11) is 0. The summed E-state index contributed by atoms with van der Waals surface area (Å²) >= 11 is 3.42. The van der Waals surface area contributed by atoms with Gasteiger partial charge in [-0.3, -0.25) is 9.59 Å². The lowest BCUT2D eigenvalue weighted by molar-refractivity contribution is -0.144. The van der Waals surface area contributed by atoms with Crippen LogP contribution < -0.4 is 5.32 Å². The van der Waals surface area contributed by atoms with E-state index in [2.05, 4.69) is 21.2 Å². The minimum atomic E-state index is -0.351. The zero-order chi connectivity index (χ0) is 15.2. The molecule has 5 heteroatoms. The second-order valence-electron chi connectivity index (χ2n) is 4.56. The molecule has 0 aliphatic carbocycles. The predicted molar refractivity (Wildman–Crippen MR) is 86.1 cm³/mol. The Hall–Kier alpha value is -1.88. The number of carbonyl (C=O) groups excluding carboxylic acids is 2. The molecule has 110 valence electrons. The van der Waals surface area contributed by atoms with Crippen molar-refractivity contribution in [3.63, 3.8) is 0 Å². The van der Waals surface area contributed by atoms with Gasteiger partial charge in [-0.2, -0.15) is 0 Å². The Morgan fingerprint density at radius 3 is 2.57 bits per heavy atom. The van der Waals surface area contributed by atoms with Gasteiger partial charge < -0.3 is 10.1 Å². The van der Waals surface area contributed by atoms with Gasteiger partial charge in [0.1, 0.15) is 0 Å². The van der Waals surface area contributed by atoms with Crippen LogP contribution in [0.4, 0.5) is 5.69 Å². The molecule has 0 aliphatic heterocycles. The summed E-state index contributed by atoms with van der Waals surface area (Å²) in [6.45, 7) is 2.08. The number of halogens is 1. The molecular formula is C16H16BrNO3. The largest absolute Gasteiger partial charge is 0.466 e. The van der Waals surface area contributed by atoms with Crippen molar-refractivity contribution < 1.29 is 14.3 Å². The topological polar surface area (TPSA) is 55.4 Å². The molecule has 0 fully saturated rings. The van der Waals surface area contributed by atoms with Crippen molar-refractivity contribution in [3.05, 3.63) is 40.9 Å². The molecule has 21 heavy (non-hydrogen) atoms. The van der Waals surface area contributed by atoms with E-state index >= 15 is 0 Å². The maximum Gasteiger partial charge on any atom is 0.306 e. The Morgan fingerprint density at radius 2 is 1.81 bits per heavy atom. The molecule has 0 saturated carbocycles. The average molecular weight is 350 g/mol. The smallest absolute Gasteiger partial charge is 0.306 e. The van der Waals surface area contributed by atoms with E-state index in [1.165, 1.54) is 0 Å². The number of amides is 1. The molecule has 4 nitrogen and oxygen atoms in total. The van der Waals surface area contributed by atoms with Gasteiger partial charge in [0.15, 0.2) is 0 Å². The number of esters is 1. The Kier molecular flexibility index (Phi) is 5.33. The average Bonchev–Trinajstić information content (AvgIpc) is 2.46. The summed E-state index contributed by atoms with van der Waals surface area (Å²) in [6.07, 6.45) is 0.220. The van der Waals surface area contributed by atoms with Crippen molar-refractivity contribution in [1.29, 1.82) is 0 Å². The van der Waals surface area contributed by atoms with Gasteiger partial charge in [-0.15, -0.1) is 0 Å². The van der Waals surface area contributed by atoms with Crippen molar-refractivity contribution in [1.82, 2.24) is 0 Å². The first-order valence-corrected chi connectivity index (χ1v) is 7.52. The second kappa shape index (κ2) is 7.22. The third-order valence-corrected chi connectivity index (χ3v) is 3.44. The van der Waals surface area contributed by atoms with E-state index in [0.717, 1.165) is 20.9 Å². The lowest BCUT2D eigenvalue weighted by atomic mass is 10.1. The van der Waals surface area contributed by atoms with Crippen LogP contribution in [0.3, 0.4) is 0 Å². The molecule has 0 unspecified atom stereocenters. The van der Waals surface area contributed by atoms with E-state index < -0.39 is 0 Å². The summed E-state index contributed by atoms with van der Waals surface area (Å²) in [5, 5.41) is 4.92. The van der Waals surface area contributed by atoms with Gasteiger partial charge >= 0.3 is 5.97 Å². The van der Waals surface area contributed by atoms with Gasteiger partial charge in [0.05, 0.1) is 13.0 Å². The van der Waals surface area contributed by atoms with Crippen LogP contribution >= 0.6 is 15.9 Å². The highest BCUT2D eigenvalue weighted by atomic mass is 79.9. The number of carbonyl (C=O) groups is 2. The van der Waals surface area contributed by atoms with Gasteiger partial charge in [0.2, 0.25) is 5.91 Å². The van der Waals surface area contributed by atoms with E-state index in [-0.39, 0.29) is 24.7 Å². The third kappa shape index (κ3) is 4.56. The van der Waals surface area contributed by atoms with Crippen LogP contribution in [0.15, 0.2) is 40.9 Å². The monoisotopic (exact) mass is 349 g/mol. The Labute approximate surface area is 131 Å². The Bertz CT molecular complexity index is 670. The van der Waals surface area contributed by atoms with Crippen LogP contribution in [-0.2, 0) is 14.3 Å². The standard InChI is InChI=1S/C16H16BrNO3/c1-2-21-16(20)8-7-15(19)18-14-6-4-11-9-13(17)5-3-12(11)10-14/h3-6,9-10H,2,7-8H2,1H3,(H,18,19). The molecule has 2 rings (SSSR count). The lowest BCUT2D eigenvalue weighted by Gasteiger charge is -2.07. The Balaban J connectivity index is 1.98. The lowest BCUT2D eigenvalue weighted by Crippen LogP contribution is -2.14. The minimum Gasteiger partial charge on any atom is -0.466 e. The van der Waals surface area contributed by atoms with E-state index in [1.807, 2.05) is 36.4 Å². The summed E-state index contributed by atoms with van der Waals surface area (Å²) in [6, 6.07) is 11.6. The van der Waals surface area contributed by atoms with E-state index in [4.69, 9.17) is 4.74 Å². The quantitative estimate of drug-likeness (QED) is 0.833. The van der Waals surface area contributed by atoms with Gasteiger partial charge in [-0.1, -0.05) is 28.1 Å². The van der Waals surface area contributed by atoms with Gasteiger partial charge in [0.25, 0.3) is 0 Å². The van der Waals surface area contributed by atoms with Crippen LogP contribution in [0.1, 0.15) is 19.8 Å². The molecule has 0 radical (unpaired) electrons. The number of hydrogen-bond donors (Lipinski definition) is 1. The van der Waals surface area contributed by atoms with Crippen molar-refractivity contribution in [2.75, 3.05) is 11.9 Å². The predicted octanol–water partition coefficient (Wildman–Crippen LogP) is 3.88. The molecule has 0 aromatic heterocycles. The van der Waals surface area contributed by atoms with E-state index in [9.17, 15) is 9.59 Å². The highest BCUT2D eigenvalue weighted by Gasteiger charge is 2.08. The van der Waals surface area contributed by atoms with Crippen molar-refractivity contribution >= 4 is 44.3 Å². The van der Waals surface area contributed by atoms with Gasteiger partial charge in [-0.25, -0.2) is 0 Å². The maximum atomic E-state index is 11.8. The van der Waals surface area contributed by atoms with Crippen molar-refractivity contribution in [2.45, 2.75) is 19.8 Å². The SMILES string of the molecule is CCOC(=O)CCC(=O)Nc1ccc2cc(Br)ccc2c1. The number of fused-ring (bicyclic) bond motifs is 1. The minimum absolute atomic E-state index is 0.0974. The van der Waals surface area contributed by atoms with Crippen LogP contribution in [0.25, 0.3) is 10.8 Å². The summed E-state index contributed by atoms with van der Waals surface area (Å²) in [5.74, 6) is -0.546. The first-order valence-electron chi connectivity index (χ1n) is 6.73. The molecule has 2 aromatic rings. The second-order valence-corrected chi connectivity index (χ2v) is 5.48. The molecule has 2 aromatic carbocycles. The number of nitrogens with one attached hydrogen (secondary N) is 1. The fourth-order valence-electron chi connectivity index (χ4n) is 1.97. The number of rotatable bonds is 5. The zero-order valence-electron chi connectivity index (χ0n) is 11.7. The van der Waals surface area contributed by atoms with Crippen LogP contribution in [0.5, 0.6) is 0 Å². The van der Waals surface area contributed by atoms with Crippen LogP contribution in [-0.4, -0.2) is 18.5 Å². The van der Waals surface area contributed by atoms with Crippen molar-refractivity contribution in [2.24, 2.45) is 0 Å². The van der Waals surface area contributed by atoms with E-state index in [1.54, 1.807) is 6.92 Å². The number of benzene rings is 2. The first-order chi connectivity index (χ1) is 10.1. The normalized spacial score (nSPS) is 10.4. The summed E-state index contributed by atoms with van der Waals surface area (Å²) in [5.41, 5.74) is 0.721. The fourth-order valence-corrected chi connectivity index (χ4v) is 2.35. The number of hydrogen-bond acceptors (Lipinski definition) is 3. The maximum absolute atomic E-state index is 11.8. The summed E-state index contributed by atoms with van der Waals surface area (Å²) in [4.78, 5) is 23.0. The van der Waals surface area contributed by atoms with Gasteiger partial charge in [-0.05, 0) is 42.0 Å². The van der Waals surface area contributed by atoms with E-state index in [0.29, 0.717) is 6.61 Å². The number of anilines is 1. The van der Waals surface area contributed by atoms with Crippen molar-refractivity contribution in [3.8, 4) is 0 Å². The fraction of sp³-hybridized carbons (Fsp3) is 0.250. The third-order valence-electron chi connectivity index (χ3n) is 2.95. The molecule has 0 spiro atoms. The molecule has 0 atom stereocenters. The number of ether oxygens (including phenoxy) is 1. The molecule has 0 aliphatic rings. The highest BCUT2D eigenvalue weighted by molar-refractivity contribution is 9.10. The van der Waals surface area contributed by atoms with Gasteiger partial charge in [0, 0.05) is 16.6 Å². The summed E-state index contributed by atoms with van der Waals surface area (Å²) < 4.78 is 5.80.